The summed E-state index contributed by atoms with van der Waals surface area (Å²) in [4.78, 5) is 35.5. The third kappa shape index (κ3) is 10.9. The molecule has 0 radical (unpaired) electrons. The second-order valence-electron chi connectivity index (χ2n) is 9.18. The number of aliphatic hydroxyl groups excluding tert-OH is 1. The number of carboxylic acid groups (broad SMARTS) is 1. The van der Waals surface area contributed by atoms with Crippen LogP contribution in [0.1, 0.15) is 61.4 Å². The number of carbonyl (C=O) groups excluding carboxylic acids is 2. The normalized spacial score (nSPS) is 11.2. The van der Waals surface area contributed by atoms with Crippen molar-refractivity contribution >= 4 is 18.0 Å². The number of carboxylic acids is 1. The summed E-state index contributed by atoms with van der Waals surface area (Å²) in [6.07, 6.45) is -0.486. The molecule has 0 bridgehead atoms. The lowest BCUT2D eigenvalue weighted by molar-refractivity contribution is -0.141. The van der Waals surface area contributed by atoms with Gasteiger partial charge in [0.25, 0.3) is 0 Å². The van der Waals surface area contributed by atoms with Crippen LogP contribution in [-0.4, -0.2) is 47.1 Å². The Morgan fingerprint density at radius 3 is 2.27 bits per heavy atom. The first-order valence-electron chi connectivity index (χ1n) is 11.6. The quantitative estimate of drug-likeness (QED) is 0.390. The number of aliphatic hydroxyl groups is 1. The van der Waals surface area contributed by atoms with Crippen molar-refractivity contribution in [3.05, 3.63) is 70.3 Å². The van der Waals surface area contributed by atoms with E-state index in [2.05, 4.69) is 29.0 Å². The summed E-state index contributed by atoms with van der Waals surface area (Å²) in [5, 5.41) is 20.9. The third-order valence-electron chi connectivity index (χ3n) is 4.85. The Kier molecular flexibility index (Phi) is 10.7. The zero-order valence-corrected chi connectivity index (χ0v) is 21.4. The second-order valence-corrected chi connectivity index (χ2v) is 9.18. The van der Waals surface area contributed by atoms with Crippen LogP contribution in [0.5, 0.6) is 0 Å². The summed E-state index contributed by atoms with van der Waals surface area (Å²) >= 11 is 0. The van der Waals surface area contributed by atoms with E-state index in [-0.39, 0.29) is 26.2 Å². The fourth-order valence-electron chi connectivity index (χ4n) is 3.14. The van der Waals surface area contributed by atoms with Crippen LogP contribution in [0.15, 0.2) is 42.5 Å². The summed E-state index contributed by atoms with van der Waals surface area (Å²) < 4.78 is 10.4. The fraction of sp³-hybridized carbons (Fsp3) is 0.345. The van der Waals surface area contributed by atoms with Gasteiger partial charge in [-0.15, -0.1) is 0 Å². The first-order chi connectivity index (χ1) is 17.5. The second kappa shape index (κ2) is 13.7. The van der Waals surface area contributed by atoms with Crippen molar-refractivity contribution in [1.29, 1.82) is 0 Å². The minimum Gasteiger partial charge on any atom is -0.481 e. The molecule has 2 aromatic rings. The van der Waals surface area contributed by atoms with Gasteiger partial charge in [-0.25, -0.2) is 4.79 Å². The van der Waals surface area contributed by atoms with Crippen LogP contribution in [0.25, 0.3) is 0 Å². The van der Waals surface area contributed by atoms with Gasteiger partial charge in [0.2, 0.25) is 0 Å². The van der Waals surface area contributed by atoms with E-state index in [9.17, 15) is 19.5 Å². The number of benzene rings is 2. The molecule has 0 fully saturated rings. The molecule has 2 aromatic carbocycles. The van der Waals surface area contributed by atoms with E-state index in [0.29, 0.717) is 16.7 Å². The Bertz CT molecular complexity index is 1250. The van der Waals surface area contributed by atoms with Crippen molar-refractivity contribution in [2.75, 3.05) is 13.2 Å². The number of ether oxygens (including phenoxy) is 2. The van der Waals surface area contributed by atoms with E-state index in [1.807, 2.05) is 6.07 Å². The van der Waals surface area contributed by atoms with Crippen LogP contribution in [0.3, 0.4) is 0 Å². The number of hydrogen-bond acceptors (Lipinski definition) is 6. The average Bonchev–Trinajstić information content (AvgIpc) is 2.82. The third-order valence-corrected chi connectivity index (χ3v) is 4.85. The zero-order valence-electron chi connectivity index (χ0n) is 21.4. The lowest BCUT2D eigenvalue weighted by Crippen LogP contribution is -2.32. The van der Waals surface area contributed by atoms with Gasteiger partial charge < -0.3 is 25.0 Å². The lowest BCUT2D eigenvalue weighted by atomic mass is 9.96. The Labute approximate surface area is 217 Å². The molecule has 1 amide bonds. The van der Waals surface area contributed by atoms with E-state index in [4.69, 9.17) is 14.6 Å². The molecule has 37 heavy (non-hydrogen) atoms. The molecule has 0 saturated carbocycles. The summed E-state index contributed by atoms with van der Waals surface area (Å²) in [5.41, 5.74) is 2.53. The van der Waals surface area contributed by atoms with Gasteiger partial charge in [-0.05, 0) is 62.6 Å². The van der Waals surface area contributed by atoms with E-state index >= 15 is 0 Å². The minimum atomic E-state index is -0.982. The molecule has 0 aliphatic carbocycles. The van der Waals surface area contributed by atoms with Gasteiger partial charge in [0.15, 0.2) is 6.61 Å². The van der Waals surface area contributed by atoms with Crippen LogP contribution in [0, 0.1) is 23.7 Å². The highest BCUT2D eigenvalue weighted by Gasteiger charge is 2.16. The molecule has 1 unspecified atom stereocenters. The Hall–Kier alpha value is -4.27. The molecule has 1 atom stereocenters. The van der Waals surface area contributed by atoms with Crippen LogP contribution in [0.2, 0.25) is 0 Å². The van der Waals surface area contributed by atoms with Gasteiger partial charge in [0.1, 0.15) is 12.2 Å². The molecule has 194 valence electrons. The predicted molar refractivity (Wildman–Crippen MR) is 138 cm³/mol. The number of aliphatic carboxylic acids is 1. The van der Waals surface area contributed by atoms with Crippen molar-refractivity contribution in [2.24, 2.45) is 0 Å². The van der Waals surface area contributed by atoms with E-state index in [0.717, 1.165) is 11.1 Å². The maximum Gasteiger partial charge on any atom is 0.407 e. The SMILES string of the molecule is CC(C(=O)O)c1cc(C#CCO)cc(C#CCOC(=O)Cc2cccc(CNC(=O)OC(C)(C)C)c2)c1. The van der Waals surface area contributed by atoms with Crippen molar-refractivity contribution < 1.29 is 34.1 Å². The standard InChI is InChI=1S/C29H31NO7/c1-20(27(33)34)25-16-21(10-6-12-31)14-22(17-25)11-7-13-36-26(32)18-23-8-5-9-24(15-23)19-30-28(35)37-29(2,3)4/h5,8-9,14-17,20,31H,12-13,18-19H2,1-4H3,(H,30,35)(H,33,34). The van der Waals surface area contributed by atoms with Gasteiger partial charge in [-0.1, -0.05) is 47.9 Å². The number of esters is 1. The molecule has 8 heteroatoms. The van der Waals surface area contributed by atoms with Crippen LogP contribution >= 0.6 is 0 Å². The van der Waals surface area contributed by atoms with E-state index in [1.165, 1.54) is 0 Å². The molecule has 8 nitrogen and oxygen atoms in total. The van der Waals surface area contributed by atoms with Gasteiger partial charge in [-0.2, -0.15) is 0 Å². The molecular weight excluding hydrogens is 474 g/mol. The molecule has 3 N–H and O–H groups in total. The monoisotopic (exact) mass is 505 g/mol. The van der Waals surface area contributed by atoms with Crippen LogP contribution < -0.4 is 5.32 Å². The Morgan fingerprint density at radius 1 is 1.00 bits per heavy atom. The highest BCUT2D eigenvalue weighted by molar-refractivity contribution is 5.76. The van der Waals surface area contributed by atoms with Gasteiger partial charge in [-0.3, -0.25) is 9.59 Å². The highest BCUT2D eigenvalue weighted by Crippen LogP contribution is 2.19. The number of rotatable bonds is 7. The summed E-state index contributed by atoms with van der Waals surface area (Å²) in [6.45, 7) is 6.70. The molecule has 0 aliphatic rings. The number of alkyl carbamates (subject to hydrolysis) is 1. The summed E-state index contributed by atoms with van der Waals surface area (Å²) in [7, 11) is 0. The number of hydrogen-bond donors (Lipinski definition) is 3. The predicted octanol–water partition coefficient (Wildman–Crippen LogP) is 3.38. The van der Waals surface area contributed by atoms with Gasteiger partial charge >= 0.3 is 18.0 Å². The van der Waals surface area contributed by atoms with Crippen molar-refractivity contribution in [2.45, 2.75) is 52.2 Å². The lowest BCUT2D eigenvalue weighted by Gasteiger charge is -2.19. The van der Waals surface area contributed by atoms with E-state index in [1.54, 1.807) is 64.1 Å². The molecule has 0 heterocycles. The Morgan fingerprint density at radius 2 is 1.65 bits per heavy atom. The molecule has 0 aromatic heterocycles. The van der Waals surface area contributed by atoms with Crippen molar-refractivity contribution in [1.82, 2.24) is 5.32 Å². The van der Waals surface area contributed by atoms with Gasteiger partial charge in [0.05, 0.1) is 12.3 Å². The van der Waals surface area contributed by atoms with Crippen LogP contribution in [-0.2, 0) is 32.0 Å². The summed E-state index contributed by atoms with van der Waals surface area (Å²) in [6, 6.07) is 12.2. The molecule has 2 rings (SSSR count). The summed E-state index contributed by atoms with van der Waals surface area (Å²) in [5.74, 6) is 8.71. The Balaban J connectivity index is 1.96. The topological polar surface area (TPSA) is 122 Å². The largest absolute Gasteiger partial charge is 0.481 e. The maximum absolute atomic E-state index is 12.3. The zero-order chi connectivity index (χ0) is 27.4. The first-order valence-corrected chi connectivity index (χ1v) is 11.6. The first kappa shape index (κ1) is 29.0. The van der Waals surface area contributed by atoms with Crippen LogP contribution in [0.4, 0.5) is 4.79 Å². The molecule has 0 aliphatic heterocycles. The average molecular weight is 506 g/mol. The fourth-order valence-corrected chi connectivity index (χ4v) is 3.14. The molecule has 0 saturated heterocycles. The van der Waals surface area contributed by atoms with Crippen molar-refractivity contribution in [3.8, 4) is 23.7 Å². The smallest absolute Gasteiger partial charge is 0.407 e. The highest BCUT2D eigenvalue weighted by atomic mass is 16.6. The van der Waals surface area contributed by atoms with Crippen molar-refractivity contribution in [3.63, 3.8) is 0 Å². The minimum absolute atomic E-state index is 0.0362. The van der Waals surface area contributed by atoms with E-state index < -0.39 is 29.6 Å². The maximum atomic E-state index is 12.3. The molecular formula is C29H31NO7. The number of carbonyl (C=O) groups is 3. The number of amides is 1. The number of nitrogens with one attached hydrogen (secondary N) is 1. The van der Waals surface area contributed by atoms with Gasteiger partial charge in [0, 0.05) is 17.7 Å². The molecule has 0 spiro atoms.